The smallest absolute Gasteiger partial charge is 0.339 e. The molecule has 1 aromatic carbocycles. The van der Waals surface area contributed by atoms with Gasteiger partial charge in [0.2, 0.25) is 0 Å². The van der Waals surface area contributed by atoms with Crippen LogP contribution in [0.25, 0.3) is 0 Å². The summed E-state index contributed by atoms with van der Waals surface area (Å²) in [5.41, 5.74) is 0.607. The van der Waals surface area contributed by atoms with Crippen molar-refractivity contribution in [2.75, 3.05) is 13.2 Å². The maximum Gasteiger partial charge on any atom is 0.339 e. The summed E-state index contributed by atoms with van der Waals surface area (Å²) in [5, 5.41) is 0. The number of esters is 2. The molecule has 32 heavy (non-hydrogen) atoms. The largest absolute Gasteiger partial charge is 0.461 e. The average Bonchev–Trinajstić information content (AvgIpc) is 3.09. The van der Waals surface area contributed by atoms with E-state index in [1.807, 2.05) is 0 Å². The molecule has 0 saturated heterocycles. The molecular weight excluding hydrogens is 400 g/mol. The van der Waals surface area contributed by atoms with Gasteiger partial charge in [0, 0.05) is 10.8 Å². The first-order chi connectivity index (χ1) is 14.8. The van der Waals surface area contributed by atoms with Gasteiger partial charge in [-0.2, -0.15) is 0 Å². The topological polar surface area (TPSA) is 52.6 Å². The lowest BCUT2D eigenvalue weighted by Gasteiger charge is -2.40. The van der Waals surface area contributed by atoms with E-state index in [0.29, 0.717) is 25.0 Å². The van der Waals surface area contributed by atoms with E-state index in [0.717, 1.165) is 25.7 Å². The number of hydrogen-bond acceptors (Lipinski definition) is 4. The molecule has 0 amide bonds. The van der Waals surface area contributed by atoms with Crippen molar-refractivity contribution in [3.8, 4) is 0 Å². The fourth-order valence-electron chi connectivity index (χ4n) is 5.59. The summed E-state index contributed by atoms with van der Waals surface area (Å²) in [6, 6.07) is 6.85. The minimum absolute atomic E-state index is 0.0725. The van der Waals surface area contributed by atoms with Crippen LogP contribution < -0.4 is 0 Å². The fraction of sp³-hybridized carbons (Fsp3) is 0.714. The van der Waals surface area contributed by atoms with Crippen molar-refractivity contribution in [2.45, 2.75) is 81.1 Å². The van der Waals surface area contributed by atoms with E-state index in [1.54, 1.807) is 24.3 Å². The summed E-state index contributed by atoms with van der Waals surface area (Å²) in [5.74, 6) is 0.264. The molecule has 0 heterocycles. The Kier molecular flexibility index (Phi) is 6.59. The zero-order valence-corrected chi connectivity index (χ0v) is 21.3. The van der Waals surface area contributed by atoms with Gasteiger partial charge < -0.3 is 9.47 Å². The molecule has 0 aromatic heterocycles. The Bertz CT molecular complexity index is 799. The van der Waals surface area contributed by atoms with E-state index in [-0.39, 0.29) is 32.8 Å². The number of benzene rings is 1. The third-order valence-corrected chi connectivity index (χ3v) is 10.2. The van der Waals surface area contributed by atoms with Crippen LogP contribution in [-0.2, 0) is 9.47 Å². The lowest BCUT2D eigenvalue weighted by Crippen LogP contribution is -2.38. The highest BCUT2D eigenvalue weighted by molar-refractivity contribution is 6.03. The molecule has 4 nitrogen and oxygen atoms in total. The Morgan fingerprint density at radius 3 is 1.38 bits per heavy atom. The lowest BCUT2D eigenvalue weighted by atomic mass is 9.66. The van der Waals surface area contributed by atoms with E-state index < -0.39 is 11.9 Å². The Balaban J connectivity index is 1.69. The highest BCUT2D eigenvalue weighted by Crippen LogP contribution is 2.56. The van der Waals surface area contributed by atoms with Crippen LogP contribution in [0.15, 0.2) is 24.3 Å². The minimum atomic E-state index is -0.449. The van der Waals surface area contributed by atoms with Crippen molar-refractivity contribution in [3.05, 3.63) is 35.4 Å². The highest BCUT2D eigenvalue weighted by Gasteiger charge is 2.51. The molecule has 2 fully saturated rings. The summed E-state index contributed by atoms with van der Waals surface area (Å²) < 4.78 is 11.6. The molecule has 2 saturated carbocycles. The van der Waals surface area contributed by atoms with Crippen LogP contribution >= 0.6 is 0 Å². The molecule has 0 spiro atoms. The third kappa shape index (κ3) is 4.10. The predicted octanol–water partition coefficient (Wildman–Crippen LogP) is 6.93. The maximum absolute atomic E-state index is 13.0. The zero-order valence-electron chi connectivity index (χ0n) is 21.3. The monoisotopic (exact) mass is 442 g/mol. The Morgan fingerprint density at radius 1 is 0.750 bits per heavy atom. The van der Waals surface area contributed by atoms with Gasteiger partial charge in [-0.25, -0.2) is 9.59 Å². The SMILES string of the molecule is C[C@@H]1CC[C@@](C)(COC(=O)c2ccccc2C(=O)OC[C@]2(C)CC[C@H](C)C2(C)C)C1(C)C. The molecule has 0 radical (unpaired) electrons. The van der Waals surface area contributed by atoms with Gasteiger partial charge in [-0.05, 0) is 60.5 Å². The molecule has 4 heteroatoms. The van der Waals surface area contributed by atoms with Crippen LogP contribution in [0.5, 0.6) is 0 Å². The Labute approximate surface area is 194 Å². The average molecular weight is 443 g/mol. The van der Waals surface area contributed by atoms with Gasteiger partial charge in [0.15, 0.2) is 0 Å². The van der Waals surface area contributed by atoms with Crippen LogP contribution in [0.2, 0.25) is 0 Å². The molecule has 178 valence electrons. The summed E-state index contributed by atoms with van der Waals surface area (Å²) in [4.78, 5) is 26.0. The summed E-state index contributed by atoms with van der Waals surface area (Å²) >= 11 is 0. The van der Waals surface area contributed by atoms with Crippen LogP contribution in [-0.4, -0.2) is 25.2 Å². The van der Waals surface area contributed by atoms with E-state index in [1.165, 1.54) is 0 Å². The third-order valence-electron chi connectivity index (χ3n) is 10.2. The van der Waals surface area contributed by atoms with Crippen molar-refractivity contribution in [1.82, 2.24) is 0 Å². The van der Waals surface area contributed by atoms with Crippen LogP contribution in [0.4, 0.5) is 0 Å². The summed E-state index contributed by atoms with van der Waals surface area (Å²) in [6.45, 7) is 18.7. The van der Waals surface area contributed by atoms with E-state index in [9.17, 15) is 9.59 Å². The summed E-state index contributed by atoms with van der Waals surface area (Å²) in [7, 11) is 0. The second-order valence-electron chi connectivity index (χ2n) is 12.1. The molecule has 2 aliphatic rings. The molecule has 3 rings (SSSR count). The van der Waals surface area contributed by atoms with Crippen molar-refractivity contribution < 1.29 is 19.1 Å². The number of ether oxygens (including phenoxy) is 2. The quantitative estimate of drug-likeness (QED) is 0.448. The van der Waals surface area contributed by atoms with Crippen molar-refractivity contribution >= 4 is 11.9 Å². The Hall–Kier alpha value is -1.84. The maximum atomic E-state index is 13.0. The Morgan fingerprint density at radius 2 is 1.09 bits per heavy atom. The molecule has 1 aromatic rings. The highest BCUT2D eigenvalue weighted by atomic mass is 16.5. The zero-order chi connectivity index (χ0) is 23.9. The molecule has 0 N–H and O–H groups in total. The molecule has 4 atom stereocenters. The van der Waals surface area contributed by atoms with Gasteiger partial charge in [0.05, 0.1) is 24.3 Å². The van der Waals surface area contributed by atoms with E-state index in [4.69, 9.17) is 9.47 Å². The van der Waals surface area contributed by atoms with Gasteiger partial charge >= 0.3 is 11.9 Å². The van der Waals surface area contributed by atoms with Crippen LogP contribution in [0, 0.1) is 33.5 Å². The number of carbonyl (C=O) groups excluding carboxylic acids is 2. The van der Waals surface area contributed by atoms with Gasteiger partial charge in [0.1, 0.15) is 0 Å². The normalized spacial score (nSPS) is 33.1. The van der Waals surface area contributed by atoms with Gasteiger partial charge in [-0.1, -0.05) is 67.5 Å². The van der Waals surface area contributed by atoms with Gasteiger partial charge in [-0.15, -0.1) is 0 Å². The first kappa shape index (κ1) is 24.8. The van der Waals surface area contributed by atoms with Crippen molar-refractivity contribution in [3.63, 3.8) is 0 Å². The standard InChI is InChI=1S/C28H42O4/c1-19-13-15-27(7,25(19,3)4)17-31-23(29)21-11-9-10-12-22(21)24(30)32-18-28(8)16-14-20(2)26(28,5)6/h9-12,19-20H,13-18H2,1-8H3/t19-,20+,27-,28-/m0/s1. The van der Waals surface area contributed by atoms with Gasteiger partial charge in [-0.3, -0.25) is 0 Å². The fourth-order valence-corrected chi connectivity index (χ4v) is 5.59. The molecule has 0 unspecified atom stereocenters. The molecule has 0 aliphatic heterocycles. The predicted molar refractivity (Wildman–Crippen MR) is 128 cm³/mol. The van der Waals surface area contributed by atoms with Crippen LogP contribution in [0.1, 0.15) is 102 Å². The lowest BCUT2D eigenvalue weighted by molar-refractivity contribution is -0.00643. The first-order valence-electron chi connectivity index (χ1n) is 12.2. The van der Waals surface area contributed by atoms with Crippen LogP contribution in [0.3, 0.4) is 0 Å². The number of hydrogen-bond donors (Lipinski definition) is 0. The van der Waals surface area contributed by atoms with Crippen molar-refractivity contribution in [2.24, 2.45) is 33.5 Å². The minimum Gasteiger partial charge on any atom is -0.461 e. The number of rotatable bonds is 6. The molecule has 2 aliphatic carbocycles. The first-order valence-corrected chi connectivity index (χ1v) is 12.2. The van der Waals surface area contributed by atoms with Gasteiger partial charge in [0.25, 0.3) is 0 Å². The van der Waals surface area contributed by atoms with Crippen molar-refractivity contribution in [1.29, 1.82) is 0 Å². The number of carbonyl (C=O) groups is 2. The molecular formula is C28H42O4. The second-order valence-corrected chi connectivity index (χ2v) is 12.1. The molecule has 0 bridgehead atoms. The summed E-state index contributed by atoms with van der Waals surface area (Å²) in [6.07, 6.45) is 4.34. The van der Waals surface area contributed by atoms with E-state index >= 15 is 0 Å². The van der Waals surface area contributed by atoms with E-state index in [2.05, 4.69) is 55.4 Å². The second kappa shape index (κ2) is 8.50.